The van der Waals surface area contributed by atoms with Crippen LogP contribution in [0.4, 0.5) is 5.69 Å². The zero-order valence-corrected chi connectivity index (χ0v) is 10.9. The fourth-order valence-electron chi connectivity index (χ4n) is 1.61. The number of anilines is 1. The molecule has 0 saturated carbocycles. The number of aryl methyl sites for hydroxylation is 2. The summed E-state index contributed by atoms with van der Waals surface area (Å²) in [6.07, 6.45) is 4.33. The van der Waals surface area contributed by atoms with Gasteiger partial charge in [0.2, 0.25) is 0 Å². The Morgan fingerprint density at radius 1 is 1.35 bits per heavy atom. The Kier molecular flexibility index (Phi) is 3.68. The number of nitrogen functional groups attached to an aromatic ring is 1. The number of hydrogen-bond donors (Lipinski definition) is 1. The van der Waals surface area contributed by atoms with Gasteiger partial charge in [-0.05, 0) is 13.3 Å². The number of thiazole rings is 1. The molecule has 0 atom stereocenters. The van der Waals surface area contributed by atoms with Gasteiger partial charge in [-0.25, -0.2) is 15.0 Å². The zero-order valence-electron chi connectivity index (χ0n) is 10.1. The van der Waals surface area contributed by atoms with Crippen molar-refractivity contribution >= 4 is 17.0 Å². The summed E-state index contributed by atoms with van der Waals surface area (Å²) in [4.78, 5) is 13.2. The van der Waals surface area contributed by atoms with Crippen LogP contribution >= 0.6 is 11.3 Å². The van der Waals surface area contributed by atoms with E-state index in [0.717, 1.165) is 35.1 Å². The lowest BCUT2D eigenvalue weighted by molar-refractivity contribution is 0.843. The van der Waals surface area contributed by atoms with Gasteiger partial charge in [0, 0.05) is 11.1 Å². The second kappa shape index (κ2) is 5.23. The molecular weight excluding hydrogens is 232 g/mol. The maximum atomic E-state index is 5.83. The first-order valence-corrected chi connectivity index (χ1v) is 6.58. The number of rotatable bonds is 4. The molecule has 0 unspecified atom stereocenters. The van der Waals surface area contributed by atoms with Gasteiger partial charge in [-0.3, -0.25) is 0 Å². The van der Waals surface area contributed by atoms with Crippen LogP contribution in [0, 0.1) is 6.92 Å². The van der Waals surface area contributed by atoms with E-state index >= 15 is 0 Å². The molecule has 0 aliphatic carbocycles. The first kappa shape index (κ1) is 12.0. The van der Waals surface area contributed by atoms with E-state index in [1.807, 2.05) is 12.3 Å². The molecule has 4 nitrogen and oxygen atoms in total. The molecule has 90 valence electrons. The van der Waals surface area contributed by atoms with Crippen molar-refractivity contribution in [2.45, 2.75) is 33.1 Å². The van der Waals surface area contributed by atoms with Crippen LogP contribution in [-0.4, -0.2) is 15.0 Å². The third kappa shape index (κ3) is 3.00. The number of hydrogen-bond acceptors (Lipinski definition) is 5. The number of nitrogens with two attached hydrogens (primary N) is 1. The fourth-order valence-corrected chi connectivity index (χ4v) is 2.38. The van der Waals surface area contributed by atoms with Gasteiger partial charge < -0.3 is 5.73 Å². The van der Waals surface area contributed by atoms with Crippen LogP contribution in [-0.2, 0) is 12.8 Å². The molecule has 2 heterocycles. The molecule has 5 heteroatoms. The fraction of sp³-hybridized carbons (Fsp3) is 0.417. The van der Waals surface area contributed by atoms with Crippen LogP contribution in [0.5, 0.6) is 0 Å². The van der Waals surface area contributed by atoms with E-state index in [9.17, 15) is 0 Å². The summed E-state index contributed by atoms with van der Waals surface area (Å²) >= 11 is 1.65. The van der Waals surface area contributed by atoms with Crippen LogP contribution in [0.15, 0.2) is 11.6 Å². The van der Waals surface area contributed by atoms with Gasteiger partial charge in [0.15, 0.2) is 0 Å². The Bertz CT molecular complexity index is 507. The number of aromatic nitrogens is 3. The summed E-state index contributed by atoms with van der Waals surface area (Å²) in [6, 6.07) is 0. The van der Waals surface area contributed by atoms with Gasteiger partial charge in [0.25, 0.3) is 0 Å². The Morgan fingerprint density at radius 3 is 2.82 bits per heavy atom. The Morgan fingerprint density at radius 2 is 2.18 bits per heavy atom. The molecule has 0 amide bonds. The van der Waals surface area contributed by atoms with Crippen LogP contribution in [0.3, 0.4) is 0 Å². The average molecular weight is 248 g/mol. The third-order valence-electron chi connectivity index (χ3n) is 2.41. The first-order chi connectivity index (χ1) is 8.19. The molecule has 0 aliphatic rings. The summed E-state index contributed by atoms with van der Waals surface area (Å²) < 4.78 is 0. The maximum absolute atomic E-state index is 5.83. The normalized spacial score (nSPS) is 10.7. The van der Waals surface area contributed by atoms with E-state index < -0.39 is 0 Å². The highest BCUT2D eigenvalue weighted by Crippen LogP contribution is 2.15. The SMILES string of the molecule is CCCc1nc(Cc2nc(C)cs2)ncc1N. The molecule has 2 N–H and O–H groups in total. The summed E-state index contributed by atoms with van der Waals surface area (Å²) in [5.74, 6) is 0.803. The minimum Gasteiger partial charge on any atom is -0.396 e. The highest BCUT2D eigenvalue weighted by atomic mass is 32.1. The molecule has 0 bridgehead atoms. The standard InChI is InChI=1S/C12H16N4S/c1-3-4-10-9(13)6-14-11(16-10)5-12-15-8(2)7-17-12/h6-7H,3-5,13H2,1-2H3. The molecule has 0 fully saturated rings. The van der Waals surface area contributed by atoms with Gasteiger partial charge in [-0.1, -0.05) is 13.3 Å². The first-order valence-electron chi connectivity index (χ1n) is 5.70. The summed E-state index contributed by atoms with van der Waals surface area (Å²) in [5, 5.41) is 3.09. The highest BCUT2D eigenvalue weighted by molar-refractivity contribution is 7.09. The predicted octanol–water partition coefficient (Wildman–Crippen LogP) is 2.37. The maximum Gasteiger partial charge on any atom is 0.135 e. The van der Waals surface area contributed by atoms with E-state index in [4.69, 9.17) is 5.73 Å². The monoisotopic (exact) mass is 248 g/mol. The Labute approximate surface area is 105 Å². The highest BCUT2D eigenvalue weighted by Gasteiger charge is 2.07. The van der Waals surface area contributed by atoms with Gasteiger partial charge in [0.1, 0.15) is 10.8 Å². The van der Waals surface area contributed by atoms with Crippen LogP contribution < -0.4 is 5.73 Å². The van der Waals surface area contributed by atoms with E-state index in [1.54, 1.807) is 17.5 Å². The second-order valence-electron chi connectivity index (χ2n) is 4.00. The summed E-state index contributed by atoms with van der Waals surface area (Å²) in [5.41, 5.74) is 8.52. The minimum absolute atomic E-state index is 0.686. The number of nitrogens with zero attached hydrogens (tertiary/aromatic N) is 3. The molecule has 2 rings (SSSR count). The molecular formula is C12H16N4S. The zero-order chi connectivity index (χ0) is 12.3. The largest absolute Gasteiger partial charge is 0.396 e. The van der Waals surface area contributed by atoms with Crippen molar-refractivity contribution in [2.75, 3.05) is 5.73 Å². The topological polar surface area (TPSA) is 64.7 Å². The van der Waals surface area contributed by atoms with Crippen LogP contribution in [0.1, 0.15) is 35.6 Å². The van der Waals surface area contributed by atoms with Crippen molar-refractivity contribution in [2.24, 2.45) is 0 Å². The van der Waals surface area contributed by atoms with Crippen LogP contribution in [0.2, 0.25) is 0 Å². The molecule has 0 aliphatic heterocycles. The lowest BCUT2D eigenvalue weighted by atomic mass is 10.2. The van der Waals surface area contributed by atoms with Crippen molar-refractivity contribution in [1.29, 1.82) is 0 Å². The van der Waals surface area contributed by atoms with Crippen molar-refractivity contribution in [1.82, 2.24) is 15.0 Å². The molecule has 0 saturated heterocycles. The average Bonchev–Trinajstić information content (AvgIpc) is 2.69. The van der Waals surface area contributed by atoms with Gasteiger partial charge in [-0.2, -0.15) is 0 Å². The third-order valence-corrected chi connectivity index (χ3v) is 3.38. The molecule has 2 aromatic rings. The van der Waals surface area contributed by atoms with E-state index in [1.165, 1.54) is 0 Å². The quantitative estimate of drug-likeness (QED) is 0.902. The Balaban J connectivity index is 2.18. The summed E-state index contributed by atoms with van der Waals surface area (Å²) in [7, 11) is 0. The molecule has 17 heavy (non-hydrogen) atoms. The lowest BCUT2D eigenvalue weighted by Gasteiger charge is -2.04. The van der Waals surface area contributed by atoms with Crippen molar-refractivity contribution in [3.05, 3.63) is 33.8 Å². The van der Waals surface area contributed by atoms with Gasteiger partial charge in [0.05, 0.1) is 24.0 Å². The molecule has 0 radical (unpaired) electrons. The molecule has 0 aromatic carbocycles. The molecule has 0 spiro atoms. The van der Waals surface area contributed by atoms with E-state index in [0.29, 0.717) is 12.1 Å². The van der Waals surface area contributed by atoms with E-state index in [2.05, 4.69) is 21.9 Å². The van der Waals surface area contributed by atoms with Crippen molar-refractivity contribution in [3.8, 4) is 0 Å². The van der Waals surface area contributed by atoms with Crippen molar-refractivity contribution in [3.63, 3.8) is 0 Å². The van der Waals surface area contributed by atoms with E-state index in [-0.39, 0.29) is 0 Å². The minimum atomic E-state index is 0.686. The molecule has 2 aromatic heterocycles. The van der Waals surface area contributed by atoms with Gasteiger partial charge >= 0.3 is 0 Å². The Hall–Kier alpha value is -1.49. The summed E-state index contributed by atoms with van der Waals surface area (Å²) in [6.45, 7) is 4.11. The van der Waals surface area contributed by atoms with Gasteiger partial charge in [-0.15, -0.1) is 11.3 Å². The lowest BCUT2D eigenvalue weighted by Crippen LogP contribution is -2.04. The van der Waals surface area contributed by atoms with Crippen LogP contribution in [0.25, 0.3) is 0 Å². The predicted molar refractivity (Wildman–Crippen MR) is 70.1 cm³/mol. The second-order valence-corrected chi connectivity index (χ2v) is 4.94. The smallest absolute Gasteiger partial charge is 0.135 e. The van der Waals surface area contributed by atoms with Crippen molar-refractivity contribution < 1.29 is 0 Å².